The highest BCUT2D eigenvalue weighted by molar-refractivity contribution is 7.89. The van der Waals surface area contributed by atoms with Crippen molar-refractivity contribution in [3.8, 4) is 0 Å². The summed E-state index contributed by atoms with van der Waals surface area (Å²) in [6.45, 7) is 4.25. The molecule has 2 aromatic heterocycles. The SMILES string of the molecule is Cc1nc(C2CCN(S(=O)(=O)c3cn[nH]c3)CC2)ncc1C(=O)N1CCCC1. The lowest BCUT2D eigenvalue weighted by molar-refractivity contribution is 0.0791. The smallest absolute Gasteiger partial charge is 0.257 e. The lowest BCUT2D eigenvalue weighted by Crippen LogP contribution is -2.38. The van der Waals surface area contributed by atoms with E-state index in [0.717, 1.165) is 25.9 Å². The highest BCUT2D eigenvalue weighted by Gasteiger charge is 2.32. The lowest BCUT2D eigenvalue weighted by Gasteiger charge is -2.30. The van der Waals surface area contributed by atoms with Gasteiger partial charge in [0.15, 0.2) is 0 Å². The summed E-state index contributed by atoms with van der Waals surface area (Å²) in [5.41, 5.74) is 1.25. The van der Waals surface area contributed by atoms with E-state index >= 15 is 0 Å². The van der Waals surface area contributed by atoms with Gasteiger partial charge in [-0.2, -0.15) is 9.40 Å². The van der Waals surface area contributed by atoms with Gasteiger partial charge in [0.2, 0.25) is 10.0 Å². The Balaban J connectivity index is 1.43. The van der Waals surface area contributed by atoms with Gasteiger partial charge in [-0.3, -0.25) is 9.89 Å². The Morgan fingerprint density at radius 3 is 2.46 bits per heavy atom. The maximum Gasteiger partial charge on any atom is 0.257 e. The number of aromatic amines is 1. The van der Waals surface area contributed by atoms with Crippen LogP contribution in [0.15, 0.2) is 23.5 Å². The summed E-state index contributed by atoms with van der Waals surface area (Å²) < 4.78 is 26.6. The number of hydrogen-bond donors (Lipinski definition) is 1. The fourth-order valence-electron chi connectivity index (χ4n) is 3.87. The quantitative estimate of drug-likeness (QED) is 0.822. The van der Waals surface area contributed by atoms with Gasteiger partial charge < -0.3 is 4.90 Å². The Bertz CT molecular complexity index is 946. The molecule has 2 aromatic rings. The van der Waals surface area contributed by atoms with Gasteiger partial charge in [0.05, 0.1) is 17.5 Å². The van der Waals surface area contributed by atoms with Crippen LogP contribution >= 0.6 is 0 Å². The molecule has 0 saturated carbocycles. The number of aromatic nitrogens is 4. The number of rotatable bonds is 4. The van der Waals surface area contributed by atoms with Gasteiger partial charge in [-0.1, -0.05) is 0 Å². The molecule has 2 aliphatic rings. The van der Waals surface area contributed by atoms with Gasteiger partial charge >= 0.3 is 0 Å². The molecule has 1 amide bonds. The summed E-state index contributed by atoms with van der Waals surface area (Å²) in [5.74, 6) is 0.781. The highest BCUT2D eigenvalue weighted by Crippen LogP contribution is 2.29. The third-order valence-electron chi connectivity index (χ3n) is 5.55. The molecular formula is C18H24N6O3S. The van der Waals surface area contributed by atoms with Crippen molar-refractivity contribution in [3.63, 3.8) is 0 Å². The molecular weight excluding hydrogens is 380 g/mol. The van der Waals surface area contributed by atoms with Crippen LogP contribution in [0.3, 0.4) is 0 Å². The Labute approximate surface area is 164 Å². The number of nitrogens with zero attached hydrogens (tertiary/aromatic N) is 5. The van der Waals surface area contributed by atoms with Crippen LogP contribution in [0, 0.1) is 6.92 Å². The predicted octanol–water partition coefficient (Wildman–Crippen LogP) is 1.31. The maximum atomic E-state index is 12.6. The van der Waals surface area contributed by atoms with Crippen LogP contribution < -0.4 is 0 Å². The fourth-order valence-corrected chi connectivity index (χ4v) is 5.24. The summed E-state index contributed by atoms with van der Waals surface area (Å²) >= 11 is 0. The number of amides is 1. The predicted molar refractivity (Wildman–Crippen MR) is 101 cm³/mol. The molecule has 2 fully saturated rings. The molecule has 0 bridgehead atoms. The minimum absolute atomic E-state index is 0.00238. The minimum atomic E-state index is -3.51. The first-order chi connectivity index (χ1) is 13.5. The van der Waals surface area contributed by atoms with Crippen molar-refractivity contribution >= 4 is 15.9 Å². The Hall–Kier alpha value is -2.33. The zero-order valence-electron chi connectivity index (χ0n) is 15.8. The number of H-pyrrole nitrogens is 1. The van der Waals surface area contributed by atoms with Crippen molar-refractivity contribution in [1.29, 1.82) is 0 Å². The third-order valence-corrected chi connectivity index (χ3v) is 7.42. The Kier molecular flexibility index (Phi) is 5.15. The second-order valence-electron chi connectivity index (χ2n) is 7.34. The number of carbonyl (C=O) groups is 1. The fraction of sp³-hybridized carbons (Fsp3) is 0.556. The van der Waals surface area contributed by atoms with Crippen LogP contribution in [0.1, 0.15) is 53.5 Å². The minimum Gasteiger partial charge on any atom is -0.339 e. The van der Waals surface area contributed by atoms with Crippen LogP contribution in [-0.4, -0.2) is 69.9 Å². The largest absolute Gasteiger partial charge is 0.339 e. The number of aryl methyl sites for hydroxylation is 1. The molecule has 0 spiro atoms. The molecule has 28 heavy (non-hydrogen) atoms. The molecule has 0 aromatic carbocycles. The molecule has 4 rings (SSSR count). The second kappa shape index (κ2) is 7.59. The van der Waals surface area contributed by atoms with Gasteiger partial charge in [-0.05, 0) is 32.6 Å². The van der Waals surface area contributed by atoms with Crippen LogP contribution in [0.4, 0.5) is 0 Å². The zero-order chi connectivity index (χ0) is 19.7. The van der Waals surface area contributed by atoms with Crippen LogP contribution in [0.2, 0.25) is 0 Å². The molecule has 0 aliphatic carbocycles. The average molecular weight is 404 g/mol. The van der Waals surface area contributed by atoms with Crippen LogP contribution in [0.25, 0.3) is 0 Å². The first-order valence-electron chi connectivity index (χ1n) is 9.58. The molecule has 0 unspecified atom stereocenters. The van der Waals surface area contributed by atoms with E-state index in [-0.39, 0.29) is 16.7 Å². The summed E-state index contributed by atoms with van der Waals surface area (Å²) in [5, 5.41) is 6.27. The van der Waals surface area contributed by atoms with Crippen molar-refractivity contribution in [3.05, 3.63) is 35.7 Å². The van der Waals surface area contributed by atoms with Gasteiger partial charge in [0.1, 0.15) is 10.7 Å². The topological polar surface area (TPSA) is 112 Å². The Morgan fingerprint density at radius 2 is 1.86 bits per heavy atom. The van der Waals surface area contributed by atoms with E-state index in [1.165, 1.54) is 16.7 Å². The molecule has 9 nitrogen and oxygen atoms in total. The van der Waals surface area contributed by atoms with E-state index in [9.17, 15) is 13.2 Å². The first kappa shape index (κ1) is 19.0. The number of piperidine rings is 1. The van der Waals surface area contributed by atoms with E-state index in [1.54, 1.807) is 6.20 Å². The normalized spacial score (nSPS) is 19.2. The highest BCUT2D eigenvalue weighted by atomic mass is 32.2. The van der Waals surface area contributed by atoms with Crippen molar-refractivity contribution in [2.75, 3.05) is 26.2 Å². The van der Waals surface area contributed by atoms with Gasteiger partial charge in [-0.25, -0.2) is 18.4 Å². The average Bonchev–Trinajstić information content (AvgIpc) is 3.41. The van der Waals surface area contributed by atoms with Crippen LogP contribution in [-0.2, 0) is 10.0 Å². The molecule has 2 aliphatic heterocycles. The lowest BCUT2D eigenvalue weighted by atomic mass is 9.97. The molecule has 150 valence electrons. The summed E-state index contributed by atoms with van der Waals surface area (Å²) in [6, 6.07) is 0. The van der Waals surface area contributed by atoms with E-state index < -0.39 is 10.0 Å². The molecule has 0 radical (unpaired) electrons. The van der Waals surface area contributed by atoms with E-state index in [2.05, 4.69) is 20.2 Å². The monoisotopic (exact) mass is 404 g/mol. The second-order valence-corrected chi connectivity index (χ2v) is 9.28. The molecule has 1 N–H and O–H groups in total. The van der Waals surface area contributed by atoms with Crippen LogP contribution in [0.5, 0.6) is 0 Å². The van der Waals surface area contributed by atoms with Gasteiger partial charge in [-0.15, -0.1) is 0 Å². The summed E-state index contributed by atoms with van der Waals surface area (Å²) in [4.78, 5) is 23.7. The molecule has 4 heterocycles. The first-order valence-corrected chi connectivity index (χ1v) is 11.0. The van der Waals surface area contributed by atoms with Crippen molar-refractivity contribution in [2.24, 2.45) is 0 Å². The zero-order valence-corrected chi connectivity index (χ0v) is 16.7. The van der Waals surface area contributed by atoms with Crippen molar-refractivity contribution in [2.45, 2.75) is 43.4 Å². The Morgan fingerprint density at radius 1 is 1.14 bits per heavy atom. The number of nitrogens with one attached hydrogen (secondary N) is 1. The van der Waals surface area contributed by atoms with Crippen molar-refractivity contribution < 1.29 is 13.2 Å². The third kappa shape index (κ3) is 3.53. The number of sulfonamides is 1. The number of carbonyl (C=O) groups excluding carboxylic acids is 1. The van der Waals surface area contributed by atoms with Crippen molar-refractivity contribution in [1.82, 2.24) is 29.4 Å². The molecule has 10 heteroatoms. The van der Waals surface area contributed by atoms with E-state index in [0.29, 0.717) is 43.0 Å². The summed E-state index contributed by atoms with van der Waals surface area (Å²) in [7, 11) is -3.51. The number of likely N-dealkylation sites (tertiary alicyclic amines) is 1. The van der Waals surface area contributed by atoms with Gasteiger partial charge in [0.25, 0.3) is 5.91 Å². The summed E-state index contributed by atoms with van der Waals surface area (Å²) in [6.07, 6.45) is 7.74. The number of hydrogen-bond acceptors (Lipinski definition) is 6. The standard InChI is InChI=1S/C18H24N6O3S/c1-13-16(18(25)23-6-2-3-7-23)12-19-17(22-13)14-4-8-24(9-5-14)28(26,27)15-10-20-21-11-15/h10-12,14H,2-9H2,1H3,(H,20,21). The van der Waals surface area contributed by atoms with E-state index in [4.69, 9.17) is 0 Å². The molecule has 2 saturated heterocycles. The molecule has 0 atom stereocenters. The van der Waals surface area contributed by atoms with E-state index in [1.807, 2.05) is 11.8 Å². The van der Waals surface area contributed by atoms with Gasteiger partial charge in [0, 0.05) is 44.5 Å². The maximum absolute atomic E-state index is 12.6.